The third kappa shape index (κ3) is 4.45. The Labute approximate surface area is 118 Å². The van der Waals surface area contributed by atoms with E-state index in [1.54, 1.807) is 0 Å². The lowest BCUT2D eigenvalue weighted by atomic mass is 10.1. The molecule has 0 aliphatic carbocycles. The summed E-state index contributed by atoms with van der Waals surface area (Å²) in [5.74, 6) is -0.281. The van der Waals surface area contributed by atoms with Crippen molar-refractivity contribution in [2.24, 2.45) is 0 Å². The van der Waals surface area contributed by atoms with Crippen LogP contribution in [-0.2, 0) is 22.6 Å². The molecule has 0 aromatic heterocycles. The van der Waals surface area contributed by atoms with Crippen LogP contribution in [0.25, 0.3) is 0 Å². The minimum absolute atomic E-state index is 0.281. The fourth-order valence-electron chi connectivity index (χ4n) is 1.75. The van der Waals surface area contributed by atoms with Gasteiger partial charge in [-0.1, -0.05) is 60.7 Å². The van der Waals surface area contributed by atoms with Crippen molar-refractivity contribution in [3.63, 3.8) is 0 Å². The second-order valence-electron chi connectivity index (χ2n) is 4.30. The highest BCUT2D eigenvalue weighted by atomic mass is 32.1. The maximum atomic E-state index is 11.8. The normalized spacial score (nSPS) is 11.8. The molecule has 0 amide bonds. The maximum absolute atomic E-state index is 11.8. The molecule has 0 radical (unpaired) electrons. The van der Waals surface area contributed by atoms with Crippen LogP contribution in [0.5, 0.6) is 0 Å². The molecule has 3 heteroatoms. The fraction of sp³-hybridized carbons (Fsp3) is 0.188. The monoisotopic (exact) mass is 272 g/mol. The third-order valence-electron chi connectivity index (χ3n) is 2.77. The average Bonchev–Trinajstić information content (AvgIpc) is 2.47. The molecule has 0 aliphatic rings. The van der Waals surface area contributed by atoms with Gasteiger partial charge in [-0.15, -0.1) is 0 Å². The lowest BCUT2D eigenvalue weighted by molar-refractivity contribution is -0.144. The third-order valence-corrected chi connectivity index (χ3v) is 3.16. The molecule has 0 saturated heterocycles. The molecule has 2 aromatic carbocycles. The van der Waals surface area contributed by atoms with Gasteiger partial charge in [-0.3, -0.25) is 4.79 Å². The first-order valence-corrected chi connectivity index (χ1v) is 6.70. The van der Waals surface area contributed by atoms with Gasteiger partial charge in [0.15, 0.2) is 0 Å². The van der Waals surface area contributed by atoms with Crippen LogP contribution in [0.4, 0.5) is 0 Å². The molecule has 0 spiro atoms. The van der Waals surface area contributed by atoms with Crippen molar-refractivity contribution in [2.45, 2.75) is 18.3 Å². The maximum Gasteiger partial charge on any atom is 0.319 e. The van der Waals surface area contributed by atoms with Crippen molar-refractivity contribution in [2.75, 3.05) is 0 Å². The summed E-state index contributed by atoms with van der Waals surface area (Å²) in [5.41, 5.74) is 2.07. The Morgan fingerprint density at radius 2 is 1.47 bits per heavy atom. The number of hydrogen-bond donors (Lipinski definition) is 1. The molecule has 98 valence electrons. The lowest BCUT2D eigenvalue weighted by Gasteiger charge is -2.11. The molecule has 2 nitrogen and oxygen atoms in total. The number of hydrogen-bond acceptors (Lipinski definition) is 3. The number of esters is 1. The van der Waals surface area contributed by atoms with E-state index in [2.05, 4.69) is 12.6 Å². The Kier molecular flexibility index (Phi) is 5.04. The van der Waals surface area contributed by atoms with Gasteiger partial charge in [0, 0.05) is 0 Å². The minimum Gasteiger partial charge on any atom is -0.460 e. The Bertz CT molecular complexity index is 511. The summed E-state index contributed by atoms with van der Waals surface area (Å²) in [6, 6.07) is 19.4. The number of ether oxygens (including phenoxy) is 1. The molecule has 19 heavy (non-hydrogen) atoms. The Morgan fingerprint density at radius 1 is 0.947 bits per heavy atom. The van der Waals surface area contributed by atoms with Crippen molar-refractivity contribution in [3.8, 4) is 0 Å². The van der Waals surface area contributed by atoms with Crippen LogP contribution in [0.15, 0.2) is 60.7 Å². The topological polar surface area (TPSA) is 26.3 Å². The largest absolute Gasteiger partial charge is 0.460 e. The molecule has 0 bridgehead atoms. The van der Waals surface area contributed by atoms with Gasteiger partial charge >= 0.3 is 5.97 Å². The van der Waals surface area contributed by atoms with E-state index >= 15 is 0 Å². The van der Waals surface area contributed by atoms with Crippen LogP contribution in [0.3, 0.4) is 0 Å². The first-order valence-electron chi connectivity index (χ1n) is 6.18. The van der Waals surface area contributed by atoms with Crippen LogP contribution in [0.1, 0.15) is 11.1 Å². The Hall–Kier alpha value is -1.74. The van der Waals surface area contributed by atoms with Crippen LogP contribution in [0.2, 0.25) is 0 Å². The summed E-state index contributed by atoms with van der Waals surface area (Å²) in [5, 5.41) is -0.425. The quantitative estimate of drug-likeness (QED) is 0.668. The highest BCUT2D eigenvalue weighted by molar-refractivity contribution is 7.81. The molecule has 0 aliphatic heterocycles. The molecular formula is C16H16O2S. The molecule has 2 rings (SSSR count). The zero-order valence-corrected chi connectivity index (χ0v) is 11.4. The van der Waals surface area contributed by atoms with Gasteiger partial charge in [-0.2, -0.15) is 12.6 Å². The van der Waals surface area contributed by atoms with Gasteiger partial charge in [0.1, 0.15) is 11.9 Å². The molecule has 0 fully saturated rings. The predicted octanol–water partition coefficient (Wildman–Crippen LogP) is 3.27. The summed E-state index contributed by atoms with van der Waals surface area (Å²) >= 11 is 4.31. The molecule has 0 N–H and O–H groups in total. The van der Waals surface area contributed by atoms with E-state index in [9.17, 15) is 4.79 Å². The van der Waals surface area contributed by atoms with E-state index in [4.69, 9.17) is 4.74 Å². The standard InChI is InChI=1S/C16H16O2S/c17-16(18-12-14-9-5-2-6-10-14)15(19)11-13-7-3-1-4-8-13/h1-10,15,19H,11-12H2. The van der Waals surface area contributed by atoms with Gasteiger partial charge in [0.05, 0.1) is 0 Å². The highest BCUT2D eigenvalue weighted by Crippen LogP contribution is 2.10. The van der Waals surface area contributed by atoms with Crippen molar-refractivity contribution < 1.29 is 9.53 Å². The Balaban J connectivity index is 1.83. The van der Waals surface area contributed by atoms with Gasteiger partial charge in [-0.05, 0) is 17.5 Å². The van der Waals surface area contributed by atoms with Crippen LogP contribution in [0, 0.1) is 0 Å². The smallest absolute Gasteiger partial charge is 0.319 e. The number of carbonyl (C=O) groups is 1. The van der Waals surface area contributed by atoms with Crippen molar-refractivity contribution in [1.82, 2.24) is 0 Å². The molecule has 0 heterocycles. The van der Waals surface area contributed by atoms with E-state index in [0.717, 1.165) is 11.1 Å². The number of carbonyl (C=O) groups excluding carboxylic acids is 1. The van der Waals surface area contributed by atoms with Crippen LogP contribution >= 0.6 is 12.6 Å². The minimum atomic E-state index is -0.425. The summed E-state index contributed by atoms with van der Waals surface area (Å²) < 4.78 is 5.25. The van der Waals surface area contributed by atoms with Crippen molar-refractivity contribution in [3.05, 3.63) is 71.8 Å². The molecule has 0 saturated carbocycles. The summed E-state index contributed by atoms with van der Waals surface area (Å²) in [4.78, 5) is 11.8. The van der Waals surface area contributed by atoms with Crippen LogP contribution in [-0.4, -0.2) is 11.2 Å². The van der Waals surface area contributed by atoms with Gasteiger partial charge < -0.3 is 4.74 Å². The molecule has 1 unspecified atom stereocenters. The van der Waals surface area contributed by atoms with E-state index < -0.39 is 5.25 Å². The highest BCUT2D eigenvalue weighted by Gasteiger charge is 2.15. The lowest BCUT2D eigenvalue weighted by Crippen LogP contribution is -2.20. The zero-order valence-electron chi connectivity index (χ0n) is 10.5. The van der Waals surface area contributed by atoms with Crippen LogP contribution < -0.4 is 0 Å². The molecular weight excluding hydrogens is 256 g/mol. The average molecular weight is 272 g/mol. The summed E-state index contributed by atoms with van der Waals surface area (Å²) in [6.07, 6.45) is 0.581. The van der Waals surface area contributed by atoms with E-state index in [0.29, 0.717) is 13.0 Å². The molecule has 2 aromatic rings. The zero-order chi connectivity index (χ0) is 13.5. The SMILES string of the molecule is O=C(OCc1ccccc1)C(S)Cc1ccccc1. The van der Waals surface area contributed by atoms with Gasteiger partial charge in [-0.25, -0.2) is 0 Å². The second-order valence-corrected chi connectivity index (χ2v) is 4.92. The summed E-state index contributed by atoms with van der Waals surface area (Å²) in [7, 11) is 0. The first kappa shape index (κ1) is 13.7. The number of thiol groups is 1. The van der Waals surface area contributed by atoms with E-state index in [1.807, 2.05) is 60.7 Å². The first-order chi connectivity index (χ1) is 9.25. The predicted molar refractivity (Wildman–Crippen MR) is 79.2 cm³/mol. The summed E-state index contributed by atoms with van der Waals surface area (Å²) in [6.45, 7) is 0.297. The van der Waals surface area contributed by atoms with Crippen molar-refractivity contribution >= 4 is 18.6 Å². The molecule has 1 atom stereocenters. The van der Waals surface area contributed by atoms with Gasteiger partial charge in [0.2, 0.25) is 0 Å². The van der Waals surface area contributed by atoms with Crippen molar-refractivity contribution in [1.29, 1.82) is 0 Å². The number of benzene rings is 2. The van der Waals surface area contributed by atoms with Gasteiger partial charge in [0.25, 0.3) is 0 Å². The number of rotatable bonds is 5. The van der Waals surface area contributed by atoms with E-state index in [1.165, 1.54) is 0 Å². The second kappa shape index (κ2) is 7.00. The van der Waals surface area contributed by atoms with E-state index in [-0.39, 0.29) is 5.97 Å². The Morgan fingerprint density at radius 3 is 2.05 bits per heavy atom. The fourth-order valence-corrected chi connectivity index (χ4v) is 2.03.